The molecule has 0 radical (unpaired) electrons. The van der Waals surface area contributed by atoms with Gasteiger partial charge >= 0.3 is 0 Å². The molecule has 2 amide bonds. The van der Waals surface area contributed by atoms with Gasteiger partial charge in [0.2, 0.25) is 11.8 Å². The minimum Gasteiger partial charge on any atom is -0.383 e. The first kappa shape index (κ1) is 13.4. The lowest BCUT2D eigenvalue weighted by molar-refractivity contribution is -0.121. The quantitative estimate of drug-likeness (QED) is 0.489. The highest BCUT2D eigenvalue weighted by atomic mass is 79.9. The fourth-order valence-corrected chi connectivity index (χ4v) is 0.942. The number of methoxy groups -OCH3 is 1. The maximum Gasteiger partial charge on any atom is 0.230 e. The number of hydrogen-bond donors (Lipinski definition) is 2. The largest absolute Gasteiger partial charge is 0.383 e. The summed E-state index contributed by atoms with van der Waals surface area (Å²) in [6.07, 6.45) is 0.294. The van der Waals surface area contributed by atoms with Crippen LogP contribution in [-0.2, 0) is 14.3 Å². The fraction of sp³-hybridized carbons (Fsp3) is 0.750. The van der Waals surface area contributed by atoms with Crippen LogP contribution in [0.4, 0.5) is 0 Å². The van der Waals surface area contributed by atoms with Gasteiger partial charge < -0.3 is 15.4 Å². The topological polar surface area (TPSA) is 67.4 Å². The predicted molar refractivity (Wildman–Crippen MR) is 56.3 cm³/mol. The number of carbonyl (C=O) groups is 2. The molecule has 0 aromatic rings. The standard InChI is InChI=1S/C8H15BrN2O3/c1-14-5-4-11-7(12)2-3-10-8(13)6-9/h2-6H2,1H3,(H,10,13)(H,11,12). The van der Waals surface area contributed by atoms with Gasteiger partial charge in [0.15, 0.2) is 0 Å². The van der Waals surface area contributed by atoms with E-state index in [0.717, 1.165) is 0 Å². The fourth-order valence-electron chi connectivity index (χ4n) is 0.744. The minimum atomic E-state index is -0.116. The lowest BCUT2D eigenvalue weighted by Gasteiger charge is -2.04. The molecule has 0 saturated heterocycles. The smallest absolute Gasteiger partial charge is 0.230 e. The Balaban J connectivity index is 3.31. The second kappa shape index (κ2) is 8.96. The zero-order valence-electron chi connectivity index (χ0n) is 8.14. The molecule has 0 saturated carbocycles. The van der Waals surface area contributed by atoms with E-state index in [0.29, 0.717) is 26.1 Å². The average molecular weight is 267 g/mol. The molecule has 0 rings (SSSR count). The molecule has 0 aromatic heterocycles. The van der Waals surface area contributed by atoms with E-state index in [2.05, 4.69) is 26.6 Å². The van der Waals surface area contributed by atoms with Gasteiger partial charge in [-0.1, -0.05) is 15.9 Å². The Hall–Kier alpha value is -0.620. The van der Waals surface area contributed by atoms with Crippen molar-refractivity contribution in [2.45, 2.75) is 6.42 Å². The number of ether oxygens (including phenoxy) is 1. The summed E-state index contributed by atoms with van der Waals surface area (Å²) in [5.41, 5.74) is 0. The van der Waals surface area contributed by atoms with Crippen molar-refractivity contribution in [1.82, 2.24) is 10.6 Å². The zero-order chi connectivity index (χ0) is 10.8. The second-order valence-electron chi connectivity index (χ2n) is 2.58. The Labute approximate surface area is 91.7 Å². The van der Waals surface area contributed by atoms with Gasteiger partial charge in [0.25, 0.3) is 0 Å². The number of carbonyl (C=O) groups excluding carboxylic acids is 2. The van der Waals surface area contributed by atoms with Crippen molar-refractivity contribution in [3.05, 3.63) is 0 Å². The molecule has 0 unspecified atom stereocenters. The number of halogens is 1. The van der Waals surface area contributed by atoms with Gasteiger partial charge in [-0.05, 0) is 0 Å². The maximum atomic E-state index is 11.1. The Morgan fingerprint density at radius 1 is 1.21 bits per heavy atom. The molecule has 0 heterocycles. The Kier molecular flexibility index (Phi) is 8.56. The van der Waals surface area contributed by atoms with Crippen LogP contribution >= 0.6 is 15.9 Å². The summed E-state index contributed by atoms with van der Waals surface area (Å²) in [7, 11) is 1.57. The summed E-state index contributed by atoms with van der Waals surface area (Å²) in [4.78, 5) is 21.8. The van der Waals surface area contributed by atoms with Crippen molar-refractivity contribution in [3.63, 3.8) is 0 Å². The Morgan fingerprint density at radius 3 is 2.43 bits per heavy atom. The molecule has 5 nitrogen and oxygen atoms in total. The molecule has 82 valence electrons. The van der Waals surface area contributed by atoms with Crippen LogP contribution in [0.1, 0.15) is 6.42 Å². The van der Waals surface area contributed by atoms with Crippen LogP contribution in [0.3, 0.4) is 0 Å². The lowest BCUT2D eigenvalue weighted by atomic mass is 10.4. The molecule has 0 aliphatic rings. The summed E-state index contributed by atoms with van der Waals surface area (Å²) in [6.45, 7) is 1.37. The monoisotopic (exact) mass is 266 g/mol. The minimum absolute atomic E-state index is 0.0862. The third-order valence-corrected chi connectivity index (χ3v) is 1.93. The molecular weight excluding hydrogens is 252 g/mol. The third-order valence-electron chi connectivity index (χ3n) is 1.42. The lowest BCUT2D eigenvalue weighted by Crippen LogP contribution is -2.32. The van der Waals surface area contributed by atoms with Gasteiger partial charge in [-0.3, -0.25) is 9.59 Å². The van der Waals surface area contributed by atoms with E-state index < -0.39 is 0 Å². The van der Waals surface area contributed by atoms with Crippen molar-refractivity contribution in [2.24, 2.45) is 0 Å². The summed E-state index contributed by atoms with van der Waals surface area (Å²) >= 11 is 3.00. The van der Waals surface area contributed by atoms with E-state index in [1.54, 1.807) is 7.11 Å². The first-order chi connectivity index (χ1) is 6.70. The first-order valence-corrected chi connectivity index (χ1v) is 5.41. The number of alkyl halides is 1. The highest BCUT2D eigenvalue weighted by molar-refractivity contribution is 9.09. The van der Waals surface area contributed by atoms with E-state index in [1.807, 2.05) is 0 Å². The first-order valence-electron chi connectivity index (χ1n) is 4.29. The predicted octanol–water partition coefficient (Wildman–Crippen LogP) is -0.350. The van der Waals surface area contributed by atoms with E-state index in [4.69, 9.17) is 4.74 Å². The van der Waals surface area contributed by atoms with E-state index >= 15 is 0 Å². The van der Waals surface area contributed by atoms with Crippen molar-refractivity contribution in [2.75, 3.05) is 32.1 Å². The van der Waals surface area contributed by atoms with Crippen LogP contribution in [-0.4, -0.2) is 44.0 Å². The van der Waals surface area contributed by atoms with Crippen LogP contribution in [0.2, 0.25) is 0 Å². The number of amides is 2. The molecule has 0 aliphatic heterocycles. The van der Waals surface area contributed by atoms with Crippen LogP contribution in [0.15, 0.2) is 0 Å². The highest BCUT2D eigenvalue weighted by Crippen LogP contribution is 1.81. The van der Waals surface area contributed by atoms with Crippen molar-refractivity contribution < 1.29 is 14.3 Å². The third kappa shape index (κ3) is 8.00. The van der Waals surface area contributed by atoms with Crippen LogP contribution in [0.25, 0.3) is 0 Å². The molecule has 0 aromatic carbocycles. The Bertz CT molecular complexity index is 187. The van der Waals surface area contributed by atoms with Crippen molar-refractivity contribution >= 4 is 27.7 Å². The number of nitrogens with one attached hydrogen (secondary N) is 2. The van der Waals surface area contributed by atoms with E-state index in [1.165, 1.54) is 0 Å². The normalized spacial score (nSPS) is 9.57. The molecule has 14 heavy (non-hydrogen) atoms. The summed E-state index contributed by atoms with van der Waals surface area (Å²) in [5, 5.41) is 5.49. The SMILES string of the molecule is COCCNC(=O)CCNC(=O)CBr. The van der Waals surface area contributed by atoms with Crippen molar-refractivity contribution in [1.29, 1.82) is 0 Å². The Morgan fingerprint density at radius 2 is 1.86 bits per heavy atom. The molecular formula is C8H15BrN2O3. The molecule has 0 spiro atoms. The van der Waals surface area contributed by atoms with E-state index in [-0.39, 0.29) is 17.1 Å². The molecule has 0 bridgehead atoms. The maximum absolute atomic E-state index is 11.1. The van der Waals surface area contributed by atoms with Gasteiger partial charge in [-0.2, -0.15) is 0 Å². The van der Waals surface area contributed by atoms with Gasteiger partial charge in [-0.15, -0.1) is 0 Å². The molecule has 6 heteroatoms. The molecule has 0 atom stereocenters. The van der Waals surface area contributed by atoms with E-state index in [9.17, 15) is 9.59 Å². The van der Waals surface area contributed by atoms with Gasteiger partial charge in [0.05, 0.1) is 11.9 Å². The number of rotatable bonds is 7. The van der Waals surface area contributed by atoms with Gasteiger partial charge in [0, 0.05) is 26.6 Å². The molecule has 0 fully saturated rings. The number of hydrogen-bond acceptors (Lipinski definition) is 3. The zero-order valence-corrected chi connectivity index (χ0v) is 9.72. The van der Waals surface area contributed by atoms with Crippen LogP contribution in [0.5, 0.6) is 0 Å². The average Bonchev–Trinajstić information content (AvgIpc) is 2.18. The summed E-state index contributed by atoms with van der Waals surface area (Å²) in [6, 6.07) is 0. The second-order valence-corrected chi connectivity index (χ2v) is 3.14. The summed E-state index contributed by atoms with van der Waals surface area (Å²) in [5.74, 6) is -0.202. The molecule has 2 N–H and O–H groups in total. The van der Waals surface area contributed by atoms with Gasteiger partial charge in [0.1, 0.15) is 0 Å². The van der Waals surface area contributed by atoms with Crippen molar-refractivity contribution in [3.8, 4) is 0 Å². The van der Waals surface area contributed by atoms with Crippen LogP contribution in [0, 0.1) is 0 Å². The molecule has 0 aliphatic carbocycles. The van der Waals surface area contributed by atoms with Gasteiger partial charge in [-0.25, -0.2) is 0 Å². The highest BCUT2D eigenvalue weighted by Gasteiger charge is 2.01. The van der Waals surface area contributed by atoms with Crippen LogP contribution < -0.4 is 10.6 Å². The summed E-state index contributed by atoms with van der Waals surface area (Å²) < 4.78 is 4.76.